The highest BCUT2D eigenvalue weighted by molar-refractivity contribution is 5.87. The summed E-state index contributed by atoms with van der Waals surface area (Å²) >= 11 is 0. The fraction of sp³-hybridized carbons (Fsp3) is 0.438. The number of carbonyl (C=O) groups excluding carboxylic acids is 1. The number of hydrogen-bond donors (Lipinski definition) is 1. The smallest absolute Gasteiger partial charge is 0.382 e. The van der Waals surface area contributed by atoms with E-state index in [0.717, 1.165) is 12.1 Å². The van der Waals surface area contributed by atoms with Crippen LogP contribution in [0, 0.1) is 0 Å². The average molecular weight is 328 g/mol. The molecule has 0 bridgehead atoms. The number of methoxy groups -OCH3 is 1. The van der Waals surface area contributed by atoms with Crippen molar-refractivity contribution < 1.29 is 22.7 Å². The van der Waals surface area contributed by atoms with Crippen molar-refractivity contribution in [3.05, 3.63) is 42.5 Å². The normalized spacial score (nSPS) is 21.3. The second-order valence-corrected chi connectivity index (χ2v) is 5.63. The van der Waals surface area contributed by atoms with Crippen LogP contribution in [-0.2, 0) is 15.7 Å². The highest BCUT2D eigenvalue weighted by atomic mass is 19.4. The molecule has 2 rings (SSSR count). The minimum Gasteiger partial charge on any atom is -0.382 e. The lowest BCUT2D eigenvalue weighted by atomic mass is 9.99. The number of hydrogen-bond acceptors (Lipinski definition) is 3. The summed E-state index contributed by atoms with van der Waals surface area (Å²) in [6, 6.07) is 5.02. The van der Waals surface area contributed by atoms with Crippen LogP contribution in [-0.4, -0.2) is 43.2 Å². The zero-order valence-corrected chi connectivity index (χ0v) is 12.8. The summed E-state index contributed by atoms with van der Waals surface area (Å²) in [5, 5.41) is 3.12. The van der Waals surface area contributed by atoms with Crippen molar-refractivity contribution in [3.8, 4) is 0 Å². The molecule has 1 aromatic carbocycles. The lowest BCUT2D eigenvalue weighted by Crippen LogP contribution is -2.46. The molecule has 1 aliphatic heterocycles. The van der Waals surface area contributed by atoms with E-state index in [2.05, 4.69) is 11.9 Å². The van der Waals surface area contributed by atoms with E-state index in [1.807, 2.05) is 0 Å². The van der Waals surface area contributed by atoms with Gasteiger partial charge in [-0.3, -0.25) is 4.79 Å². The standard InChI is InChI=1S/C16H19F3N2O2/c1-3-14(22)21-8-7-15(10-21,11-23-2)20-13-6-4-5-12(9-13)16(17,18)19/h3-6,9,20H,1,7-8,10-11H2,2H3. The number of amides is 1. The molecule has 1 heterocycles. The van der Waals surface area contributed by atoms with Gasteiger partial charge in [0.2, 0.25) is 5.91 Å². The SMILES string of the molecule is C=CC(=O)N1CCC(COC)(Nc2cccc(C(F)(F)F)c2)C1. The van der Waals surface area contributed by atoms with Crippen LogP contribution in [0.4, 0.5) is 18.9 Å². The zero-order valence-electron chi connectivity index (χ0n) is 12.8. The van der Waals surface area contributed by atoms with E-state index >= 15 is 0 Å². The molecule has 1 aromatic rings. The van der Waals surface area contributed by atoms with E-state index in [1.54, 1.807) is 11.0 Å². The van der Waals surface area contributed by atoms with Crippen molar-refractivity contribution in [2.75, 3.05) is 32.1 Å². The molecule has 0 aromatic heterocycles. The van der Waals surface area contributed by atoms with E-state index in [1.165, 1.54) is 19.3 Å². The Kier molecular flexibility index (Phi) is 4.99. The molecule has 1 saturated heterocycles. The topological polar surface area (TPSA) is 41.6 Å². The summed E-state index contributed by atoms with van der Waals surface area (Å²) in [6.45, 7) is 4.58. The summed E-state index contributed by atoms with van der Waals surface area (Å²) in [6.07, 6.45) is -2.59. The number of alkyl halides is 3. The van der Waals surface area contributed by atoms with Gasteiger partial charge in [0.15, 0.2) is 0 Å². The Balaban J connectivity index is 2.21. The summed E-state index contributed by atoms with van der Waals surface area (Å²) in [5.74, 6) is -0.200. The van der Waals surface area contributed by atoms with Crippen molar-refractivity contribution in [2.24, 2.45) is 0 Å². The van der Waals surface area contributed by atoms with Gasteiger partial charge < -0.3 is 15.0 Å². The summed E-state index contributed by atoms with van der Waals surface area (Å²) in [5.41, 5.74) is -0.977. The Hall–Kier alpha value is -2.02. The molecule has 0 saturated carbocycles. The van der Waals surface area contributed by atoms with Crippen LogP contribution in [0.1, 0.15) is 12.0 Å². The fourth-order valence-electron chi connectivity index (χ4n) is 2.80. The molecular formula is C16H19F3N2O2. The predicted molar refractivity (Wildman–Crippen MR) is 81.1 cm³/mol. The van der Waals surface area contributed by atoms with Gasteiger partial charge in [0, 0.05) is 25.9 Å². The molecule has 1 atom stereocenters. The maximum atomic E-state index is 12.8. The Labute approximate surface area is 132 Å². The molecule has 1 amide bonds. The number of nitrogens with zero attached hydrogens (tertiary/aromatic N) is 1. The third-order valence-electron chi connectivity index (χ3n) is 3.86. The molecule has 1 fully saturated rings. The van der Waals surface area contributed by atoms with Crippen molar-refractivity contribution in [1.82, 2.24) is 4.90 Å². The van der Waals surface area contributed by atoms with Gasteiger partial charge in [0.25, 0.3) is 0 Å². The first-order valence-corrected chi connectivity index (χ1v) is 7.15. The number of likely N-dealkylation sites (tertiary alicyclic amines) is 1. The molecule has 23 heavy (non-hydrogen) atoms. The summed E-state index contributed by atoms with van der Waals surface area (Å²) in [7, 11) is 1.52. The Morgan fingerprint density at radius 1 is 1.52 bits per heavy atom. The lowest BCUT2D eigenvalue weighted by Gasteiger charge is -2.31. The van der Waals surface area contributed by atoms with Gasteiger partial charge in [-0.15, -0.1) is 0 Å². The van der Waals surface area contributed by atoms with Crippen molar-refractivity contribution in [2.45, 2.75) is 18.1 Å². The van der Waals surface area contributed by atoms with Gasteiger partial charge in [-0.25, -0.2) is 0 Å². The molecule has 1 N–H and O–H groups in total. The van der Waals surface area contributed by atoms with Gasteiger partial charge in [-0.2, -0.15) is 13.2 Å². The number of anilines is 1. The average Bonchev–Trinajstić information content (AvgIpc) is 2.90. The van der Waals surface area contributed by atoms with Gasteiger partial charge in [-0.05, 0) is 30.7 Å². The third kappa shape index (κ3) is 4.04. The van der Waals surface area contributed by atoms with Crippen LogP contribution < -0.4 is 5.32 Å². The van der Waals surface area contributed by atoms with E-state index in [-0.39, 0.29) is 12.5 Å². The van der Waals surface area contributed by atoms with Crippen LogP contribution in [0.2, 0.25) is 0 Å². The van der Waals surface area contributed by atoms with Crippen molar-refractivity contribution >= 4 is 11.6 Å². The quantitative estimate of drug-likeness (QED) is 0.845. The lowest BCUT2D eigenvalue weighted by molar-refractivity contribution is -0.137. The Morgan fingerprint density at radius 2 is 2.26 bits per heavy atom. The highest BCUT2D eigenvalue weighted by Gasteiger charge is 2.40. The van der Waals surface area contributed by atoms with E-state index in [0.29, 0.717) is 25.2 Å². The number of ether oxygens (including phenoxy) is 1. The first-order chi connectivity index (χ1) is 10.8. The second kappa shape index (κ2) is 6.62. The number of nitrogens with one attached hydrogen (secondary N) is 1. The molecule has 1 unspecified atom stereocenters. The minimum atomic E-state index is -4.40. The van der Waals surface area contributed by atoms with Gasteiger partial charge in [0.1, 0.15) is 0 Å². The molecule has 4 nitrogen and oxygen atoms in total. The molecule has 126 valence electrons. The van der Waals surface area contributed by atoms with Crippen molar-refractivity contribution in [1.29, 1.82) is 0 Å². The van der Waals surface area contributed by atoms with Crippen LogP contribution in [0.15, 0.2) is 36.9 Å². The Morgan fingerprint density at radius 3 is 2.87 bits per heavy atom. The molecule has 0 spiro atoms. The van der Waals surface area contributed by atoms with Crippen LogP contribution in [0.25, 0.3) is 0 Å². The number of rotatable bonds is 5. The van der Waals surface area contributed by atoms with E-state index < -0.39 is 17.3 Å². The molecular weight excluding hydrogens is 309 g/mol. The van der Waals surface area contributed by atoms with Gasteiger partial charge in [0.05, 0.1) is 17.7 Å². The molecule has 0 aliphatic carbocycles. The van der Waals surface area contributed by atoms with Gasteiger partial charge >= 0.3 is 6.18 Å². The molecule has 7 heteroatoms. The van der Waals surface area contributed by atoms with Crippen molar-refractivity contribution in [3.63, 3.8) is 0 Å². The van der Waals surface area contributed by atoms with Crippen LogP contribution in [0.3, 0.4) is 0 Å². The number of halogens is 3. The number of benzene rings is 1. The summed E-state index contributed by atoms with van der Waals surface area (Å²) < 4.78 is 43.7. The third-order valence-corrected chi connectivity index (χ3v) is 3.86. The van der Waals surface area contributed by atoms with Crippen LogP contribution in [0.5, 0.6) is 0 Å². The minimum absolute atomic E-state index is 0.200. The predicted octanol–water partition coefficient (Wildman–Crippen LogP) is 2.92. The monoisotopic (exact) mass is 328 g/mol. The van der Waals surface area contributed by atoms with Crippen LogP contribution >= 0.6 is 0 Å². The Bertz CT molecular complexity index is 589. The maximum Gasteiger partial charge on any atom is 0.416 e. The summed E-state index contributed by atoms with van der Waals surface area (Å²) in [4.78, 5) is 13.3. The highest BCUT2D eigenvalue weighted by Crippen LogP contribution is 2.33. The van der Waals surface area contributed by atoms with E-state index in [9.17, 15) is 18.0 Å². The molecule has 1 aliphatic rings. The largest absolute Gasteiger partial charge is 0.416 e. The maximum absolute atomic E-state index is 12.8. The van der Waals surface area contributed by atoms with Gasteiger partial charge in [-0.1, -0.05) is 12.6 Å². The number of carbonyl (C=O) groups is 1. The molecule has 0 radical (unpaired) electrons. The second-order valence-electron chi connectivity index (χ2n) is 5.63. The first-order valence-electron chi connectivity index (χ1n) is 7.15. The zero-order chi connectivity index (χ0) is 17.1. The van der Waals surface area contributed by atoms with E-state index in [4.69, 9.17) is 4.74 Å². The fourth-order valence-corrected chi connectivity index (χ4v) is 2.80. The first kappa shape index (κ1) is 17.3.